The minimum absolute atomic E-state index is 0.134. The summed E-state index contributed by atoms with van der Waals surface area (Å²) < 4.78 is 3.31. The third kappa shape index (κ3) is 2.43. The van der Waals surface area contributed by atoms with Gasteiger partial charge in [-0.3, -0.25) is 4.79 Å². The van der Waals surface area contributed by atoms with Crippen molar-refractivity contribution in [3.05, 3.63) is 49.3 Å². The fourth-order valence-corrected chi connectivity index (χ4v) is 9.32. The standard InChI is InChI=1S/C13H7NOS6/c15-10-8-12(20-18-10)17-13-9(11(16)19-21-13)14(8)6-7-4-2-1-3-5-7/h1-5H,6H2. The van der Waals surface area contributed by atoms with E-state index in [0.29, 0.717) is 6.54 Å². The quantitative estimate of drug-likeness (QED) is 0.409. The number of fused-ring (bicyclic) bond motifs is 2. The monoisotopic (exact) mass is 385 g/mol. The molecule has 8 heteroatoms. The van der Waals surface area contributed by atoms with Crippen molar-refractivity contribution in [2.24, 2.45) is 0 Å². The highest BCUT2D eigenvalue weighted by atomic mass is 32.9. The summed E-state index contributed by atoms with van der Waals surface area (Å²) in [5, 5.41) is 0. The highest BCUT2D eigenvalue weighted by Gasteiger charge is 2.30. The molecule has 0 aliphatic carbocycles. The molecule has 0 spiro atoms. The van der Waals surface area contributed by atoms with E-state index in [4.69, 9.17) is 12.2 Å². The topological polar surface area (TPSA) is 20.3 Å². The predicted octanol–water partition coefficient (Wildman–Crippen LogP) is 5.83. The maximum absolute atomic E-state index is 12.3. The maximum atomic E-state index is 12.3. The lowest BCUT2D eigenvalue weighted by Crippen LogP contribution is -2.22. The van der Waals surface area contributed by atoms with Crippen LogP contribution in [0.1, 0.15) is 5.56 Å². The summed E-state index contributed by atoms with van der Waals surface area (Å²) in [6.45, 7) is 0.688. The van der Waals surface area contributed by atoms with Gasteiger partial charge in [-0.2, -0.15) is 0 Å². The Hall–Kier alpha value is -0.510. The van der Waals surface area contributed by atoms with Crippen LogP contribution in [0.4, 0.5) is 11.4 Å². The van der Waals surface area contributed by atoms with Gasteiger partial charge in [-0.15, -0.1) is 0 Å². The lowest BCUT2D eigenvalue weighted by molar-refractivity contribution is 0.952. The number of rotatable bonds is 2. The van der Waals surface area contributed by atoms with Gasteiger partial charge in [0, 0.05) is 6.54 Å². The van der Waals surface area contributed by atoms with Gasteiger partial charge >= 0.3 is 0 Å². The molecule has 1 aliphatic rings. The van der Waals surface area contributed by atoms with Crippen LogP contribution in [-0.4, -0.2) is 0 Å². The van der Waals surface area contributed by atoms with Gasteiger partial charge in [0.2, 0.25) is 0 Å². The molecular formula is C13H7NOS6. The van der Waals surface area contributed by atoms with Crippen LogP contribution in [0.25, 0.3) is 0 Å². The van der Waals surface area contributed by atoms with Gasteiger partial charge in [-0.05, 0) is 15.9 Å². The third-order valence-corrected chi connectivity index (χ3v) is 10.2. The second-order valence-electron chi connectivity index (χ2n) is 4.35. The van der Waals surface area contributed by atoms with Crippen molar-refractivity contribution in [1.82, 2.24) is 0 Å². The van der Waals surface area contributed by atoms with Crippen LogP contribution in [0.5, 0.6) is 0 Å². The van der Waals surface area contributed by atoms with Crippen LogP contribution in [0, 0.1) is 3.82 Å². The fraction of sp³-hybridized carbons (Fsp3) is 0.0769. The average molecular weight is 386 g/mol. The SMILES string of the molecule is O=c1ssc2c1N(Cc1ccccc1)c1c(ssc1=S)S2. The first kappa shape index (κ1) is 14.1. The highest BCUT2D eigenvalue weighted by Crippen LogP contribution is 2.54. The normalized spacial score (nSPS) is 13.0. The molecule has 0 bridgehead atoms. The van der Waals surface area contributed by atoms with Gasteiger partial charge in [-0.1, -0.05) is 85.3 Å². The van der Waals surface area contributed by atoms with Crippen molar-refractivity contribution in [1.29, 1.82) is 0 Å². The molecule has 3 heterocycles. The first-order chi connectivity index (χ1) is 10.2. The second-order valence-corrected chi connectivity index (χ2v) is 10.8. The Labute approximate surface area is 145 Å². The largest absolute Gasteiger partial charge is 0.328 e. The maximum Gasteiger partial charge on any atom is 0.267 e. The molecule has 21 heavy (non-hydrogen) atoms. The summed E-state index contributed by atoms with van der Waals surface area (Å²) in [4.78, 5) is 14.4. The molecule has 106 valence electrons. The molecule has 0 N–H and O–H groups in total. The Bertz CT molecular complexity index is 848. The van der Waals surface area contributed by atoms with Gasteiger partial charge in [0.15, 0.2) is 0 Å². The van der Waals surface area contributed by atoms with E-state index in [2.05, 4.69) is 17.0 Å². The third-order valence-electron chi connectivity index (χ3n) is 3.07. The molecule has 4 rings (SSSR count). The number of hydrogen-bond donors (Lipinski definition) is 0. The van der Waals surface area contributed by atoms with E-state index < -0.39 is 0 Å². The second kappa shape index (κ2) is 5.60. The minimum atomic E-state index is 0.134. The van der Waals surface area contributed by atoms with Crippen LogP contribution in [-0.2, 0) is 6.54 Å². The number of nitrogens with zero attached hydrogens (tertiary/aromatic N) is 1. The Morgan fingerprint density at radius 2 is 1.67 bits per heavy atom. The lowest BCUT2D eigenvalue weighted by atomic mass is 10.2. The van der Waals surface area contributed by atoms with E-state index in [-0.39, 0.29) is 4.74 Å². The first-order valence-corrected chi connectivity index (χ1v) is 11.5. The van der Waals surface area contributed by atoms with Crippen LogP contribution in [0.15, 0.2) is 43.5 Å². The van der Waals surface area contributed by atoms with Crippen LogP contribution < -0.4 is 9.64 Å². The number of hydrogen-bond acceptors (Lipinski definition) is 8. The molecule has 0 atom stereocenters. The Morgan fingerprint density at radius 3 is 2.48 bits per heavy atom. The van der Waals surface area contributed by atoms with Gasteiger partial charge in [0.05, 0.1) is 5.69 Å². The zero-order valence-electron chi connectivity index (χ0n) is 10.4. The molecular weight excluding hydrogens is 379 g/mol. The number of anilines is 2. The van der Waals surface area contributed by atoms with Crippen molar-refractivity contribution in [3.8, 4) is 0 Å². The summed E-state index contributed by atoms with van der Waals surface area (Å²) in [6.07, 6.45) is 0. The molecule has 3 aromatic rings. The van der Waals surface area contributed by atoms with Crippen molar-refractivity contribution >= 4 is 76.7 Å². The summed E-state index contributed by atoms with van der Waals surface area (Å²) >= 11 is 7.18. The first-order valence-electron chi connectivity index (χ1n) is 5.99. The van der Waals surface area contributed by atoms with Crippen molar-refractivity contribution in [3.63, 3.8) is 0 Å². The van der Waals surface area contributed by atoms with E-state index in [1.165, 1.54) is 20.1 Å². The molecule has 0 saturated carbocycles. The smallest absolute Gasteiger partial charge is 0.267 e. The van der Waals surface area contributed by atoms with Crippen molar-refractivity contribution in [2.45, 2.75) is 15.0 Å². The summed E-state index contributed by atoms with van der Waals surface area (Å²) in [5.41, 5.74) is 3.04. The zero-order chi connectivity index (χ0) is 14.4. The summed E-state index contributed by atoms with van der Waals surface area (Å²) in [7, 11) is 6.20. The summed E-state index contributed by atoms with van der Waals surface area (Å²) in [5.74, 6) is 0. The predicted molar refractivity (Wildman–Crippen MR) is 97.9 cm³/mol. The van der Waals surface area contributed by atoms with Crippen molar-refractivity contribution in [2.75, 3.05) is 4.90 Å². The molecule has 0 saturated heterocycles. The van der Waals surface area contributed by atoms with Crippen LogP contribution >= 0.6 is 65.3 Å². The van der Waals surface area contributed by atoms with E-state index in [0.717, 1.165) is 19.4 Å². The van der Waals surface area contributed by atoms with Gasteiger partial charge < -0.3 is 4.90 Å². The van der Waals surface area contributed by atoms with E-state index in [1.807, 2.05) is 18.2 Å². The van der Waals surface area contributed by atoms with Gasteiger partial charge in [-0.25, -0.2) is 0 Å². The fourth-order valence-electron chi connectivity index (χ4n) is 2.17. The lowest BCUT2D eigenvalue weighted by Gasteiger charge is -2.27. The van der Waals surface area contributed by atoms with Crippen molar-refractivity contribution < 1.29 is 0 Å². The zero-order valence-corrected chi connectivity index (χ0v) is 15.3. The molecule has 0 unspecified atom stereocenters. The molecule has 0 radical (unpaired) electrons. The van der Waals surface area contributed by atoms with E-state index in [9.17, 15) is 4.79 Å². The molecule has 1 aliphatic heterocycles. The van der Waals surface area contributed by atoms with Crippen LogP contribution in [0.2, 0.25) is 0 Å². The average Bonchev–Trinajstić information content (AvgIpc) is 3.04. The molecule has 1 aromatic carbocycles. The Balaban J connectivity index is 1.88. The number of benzene rings is 1. The Morgan fingerprint density at radius 1 is 0.952 bits per heavy atom. The van der Waals surface area contributed by atoms with E-state index >= 15 is 0 Å². The minimum Gasteiger partial charge on any atom is -0.328 e. The van der Waals surface area contributed by atoms with Crippen LogP contribution in [0.3, 0.4) is 0 Å². The molecule has 2 aromatic heterocycles. The molecule has 0 amide bonds. The highest BCUT2D eigenvalue weighted by molar-refractivity contribution is 8.06. The molecule has 0 fully saturated rings. The van der Waals surface area contributed by atoms with Gasteiger partial charge in [0.25, 0.3) is 4.74 Å². The summed E-state index contributed by atoms with van der Waals surface area (Å²) in [6, 6.07) is 10.2. The molecule has 2 nitrogen and oxygen atoms in total. The van der Waals surface area contributed by atoms with E-state index in [1.54, 1.807) is 42.8 Å². The van der Waals surface area contributed by atoms with Gasteiger partial charge in [0.1, 0.15) is 17.9 Å². The Kier molecular flexibility index (Phi) is 3.76.